The first-order valence-corrected chi connectivity index (χ1v) is 13.4. The van der Waals surface area contributed by atoms with Gasteiger partial charge in [-0.05, 0) is 68.5 Å². The van der Waals surface area contributed by atoms with Gasteiger partial charge in [0, 0.05) is 29.5 Å². The molecule has 1 amide bonds. The molecular formula is C26H32N6O3S. The molecule has 1 saturated heterocycles. The third-order valence-electron chi connectivity index (χ3n) is 6.98. The monoisotopic (exact) mass is 508 g/mol. The lowest BCUT2D eigenvalue weighted by atomic mass is 9.90. The fraction of sp³-hybridized carbons (Fsp3) is 0.385. The van der Waals surface area contributed by atoms with Crippen molar-refractivity contribution in [2.45, 2.75) is 57.5 Å². The molecule has 1 aliphatic heterocycles. The fourth-order valence-corrected chi connectivity index (χ4v) is 5.28. The van der Waals surface area contributed by atoms with Crippen molar-refractivity contribution in [3.05, 3.63) is 59.9 Å². The molecule has 10 heteroatoms. The highest BCUT2D eigenvalue weighted by atomic mass is 32.2. The summed E-state index contributed by atoms with van der Waals surface area (Å²) < 4.78 is 27.9. The first-order valence-electron chi connectivity index (χ1n) is 11.9. The number of rotatable bonds is 6. The molecule has 1 aliphatic rings. The molecule has 3 aromatic rings. The van der Waals surface area contributed by atoms with Gasteiger partial charge >= 0.3 is 0 Å². The van der Waals surface area contributed by atoms with Crippen molar-refractivity contribution >= 4 is 27.6 Å². The second-order valence-electron chi connectivity index (χ2n) is 10.0. The van der Waals surface area contributed by atoms with Crippen molar-refractivity contribution in [1.29, 1.82) is 0 Å². The topological polar surface area (TPSA) is 131 Å². The van der Waals surface area contributed by atoms with E-state index < -0.39 is 15.9 Å². The first kappa shape index (κ1) is 25.6. The number of hydrogen-bond donors (Lipinski definition) is 2. The van der Waals surface area contributed by atoms with Crippen LogP contribution in [0.2, 0.25) is 0 Å². The van der Waals surface area contributed by atoms with Gasteiger partial charge in [0.15, 0.2) is 5.03 Å². The minimum atomic E-state index is -4.23. The van der Waals surface area contributed by atoms with E-state index in [1.165, 1.54) is 18.2 Å². The minimum Gasteiger partial charge on any atom is -0.384 e. The molecule has 1 unspecified atom stereocenters. The van der Waals surface area contributed by atoms with E-state index in [9.17, 15) is 13.2 Å². The van der Waals surface area contributed by atoms with E-state index in [1.54, 1.807) is 18.3 Å². The maximum atomic E-state index is 13.4. The van der Waals surface area contributed by atoms with Gasteiger partial charge in [0.2, 0.25) is 0 Å². The molecular weight excluding hydrogens is 476 g/mol. The number of carbonyl (C=O) groups excluding carboxylic acids is 1. The van der Waals surface area contributed by atoms with Crippen LogP contribution in [-0.2, 0) is 10.0 Å². The number of nitrogens with zero attached hydrogens (tertiary/aromatic N) is 4. The molecule has 4 heterocycles. The van der Waals surface area contributed by atoms with Crippen molar-refractivity contribution < 1.29 is 13.2 Å². The van der Waals surface area contributed by atoms with E-state index in [0.29, 0.717) is 24.0 Å². The van der Waals surface area contributed by atoms with E-state index in [2.05, 4.69) is 54.2 Å². The van der Waals surface area contributed by atoms with Crippen molar-refractivity contribution in [2.24, 2.45) is 5.92 Å². The van der Waals surface area contributed by atoms with Gasteiger partial charge < -0.3 is 10.6 Å². The van der Waals surface area contributed by atoms with Crippen LogP contribution in [0.25, 0.3) is 11.3 Å². The third kappa shape index (κ3) is 4.90. The number of pyridine rings is 3. The van der Waals surface area contributed by atoms with Crippen LogP contribution in [0.5, 0.6) is 0 Å². The molecule has 0 aromatic carbocycles. The van der Waals surface area contributed by atoms with Crippen molar-refractivity contribution in [2.75, 3.05) is 17.2 Å². The number of amides is 1. The molecule has 1 fully saturated rings. The zero-order chi connectivity index (χ0) is 26.3. The number of aromatic nitrogens is 3. The Morgan fingerprint density at radius 2 is 1.92 bits per heavy atom. The first-order chi connectivity index (χ1) is 16.9. The van der Waals surface area contributed by atoms with Gasteiger partial charge in [-0.2, -0.15) is 8.42 Å². The Morgan fingerprint density at radius 3 is 2.56 bits per heavy atom. The molecule has 0 bridgehead atoms. The quantitative estimate of drug-likeness (QED) is 0.511. The number of hydrogen-bond acceptors (Lipinski definition) is 8. The summed E-state index contributed by atoms with van der Waals surface area (Å²) in [4.78, 5) is 28.6. The Morgan fingerprint density at radius 1 is 1.17 bits per heavy atom. The predicted molar refractivity (Wildman–Crippen MR) is 140 cm³/mol. The summed E-state index contributed by atoms with van der Waals surface area (Å²) >= 11 is 0. The number of nitrogen functional groups attached to an aromatic ring is 1. The fourth-order valence-electron chi connectivity index (χ4n) is 4.33. The second kappa shape index (κ2) is 9.50. The molecule has 0 saturated carbocycles. The summed E-state index contributed by atoms with van der Waals surface area (Å²) in [6, 6.07) is 11.5. The van der Waals surface area contributed by atoms with Crippen LogP contribution < -0.4 is 15.4 Å². The Hall–Kier alpha value is -3.53. The van der Waals surface area contributed by atoms with E-state index >= 15 is 0 Å². The Balaban J connectivity index is 1.78. The zero-order valence-corrected chi connectivity index (χ0v) is 22.0. The van der Waals surface area contributed by atoms with Gasteiger partial charge in [0.1, 0.15) is 11.6 Å². The third-order valence-corrected chi connectivity index (χ3v) is 8.21. The van der Waals surface area contributed by atoms with Crippen molar-refractivity contribution in [1.82, 2.24) is 19.7 Å². The molecule has 1 atom stereocenters. The lowest BCUT2D eigenvalue weighted by Gasteiger charge is -2.36. The Kier molecular flexibility index (Phi) is 6.74. The van der Waals surface area contributed by atoms with Gasteiger partial charge in [0.05, 0.1) is 11.3 Å². The van der Waals surface area contributed by atoms with E-state index in [0.717, 1.165) is 17.7 Å². The molecule has 0 spiro atoms. The molecule has 0 aliphatic carbocycles. The van der Waals surface area contributed by atoms with Gasteiger partial charge in [-0.1, -0.05) is 26.8 Å². The number of nitrogens with two attached hydrogens (primary N) is 1. The zero-order valence-electron chi connectivity index (χ0n) is 21.2. The largest absolute Gasteiger partial charge is 0.384 e. The average molecular weight is 509 g/mol. The van der Waals surface area contributed by atoms with E-state index in [1.807, 2.05) is 12.1 Å². The van der Waals surface area contributed by atoms with Gasteiger partial charge in [-0.25, -0.2) is 14.7 Å². The highest BCUT2D eigenvalue weighted by Crippen LogP contribution is 2.39. The highest BCUT2D eigenvalue weighted by Gasteiger charge is 2.41. The van der Waals surface area contributed by atoms with Crippen molar-refractivity contribution in [3.8, 4) is 11.3 Å². The van der Waals surface area contributed by atoms with Gasteiger partial charge in [-0.15, -0.1) is 0 Å². The number of nitrogens with one attached hydrogen (secondary N) is 1. The standard InChI is InChI=1S/C26H32N6O3S/c1-16(2)21-15-18(11-13-28-21)20-10-9-19(24(29-20)32-14-12-17(3)26(32,4)5)25(33)31-36(34,35)23-8-6-7-22(27)30-23/h6-11,13,15-17H,12,14H2,1-5H3,(H2,27,30)(H,31,33). The maximum absolute atomic E-state index is 13.4. The summed E-state index contributed by atoms with van der Waals surface area (Å²) in [5.74, 6) is 0.313. The van der Waals surface area contributed by atoms with Crippen LogP contribution in [0.3, 0.4) is 0 Å². The van der Waals surface area contributed by atoms with Crippen LogP contribution in [-0.4, -0.2) is 41.4 Å². The lowest BCUT2D eigenvalue weighted by Crippen LogP contribution is -2.43. The SMILES string of the molecule is CC(C)c1cc(-c2ccc(C(=O)NS(=O)(=O)c3cccc(N)n3)c(N3CCC(C)C3(C)C)n2)ccn1. The summed E-state index contributed by atoms with van der Waals surface area (Å²) in [6.45, 7) is 11.2. The summed E-state index contributed by atoms with van der Waals surface area (Å²) in [5, 5.41) is -0.324. The Bertz CT molecular complexity index is 1400. The molecule has 190 valence electrons. The number of sulfonamides is 1. The number of anilines is 2. The van der Waals surface area contributed by atoms with E-state index in [-0.39, 0.29) is 27.9 Å². The Labute approximate surface area is 212 Å². The lowest BCUT2D eigenvalue weighted by molar-refractivity contribution is 0.0981. The molecule has 4 rings (SSSR count). The summed E-state index contributed by atoms with van der Waals surface area (Å²) in [5.41, 5.74) is 8.03. The highest BCUT2D eigenvalue weighted by molar-refractivity contribution is 7.90. The molecule has 3 aromatic heterocycles. The van der Waals surface area contributed by atoms with Gasteiger partial charge in [0.25, 0.3) is 15.9 Å². The van der Waals surface area contributed by atoms with Crippen LogP contribution in [0, 0.1) is 5.92 Å². The van der Waals surface area contributed by atoms with Gasteiger partial charge in [-0.3, -0.25) is 9.78 Å². The predicted octanol–water partition coefficient (Wildman–Crippen LogP) is 3.99. The molecule has 36 heavy (non-hydrogen) atoms. The second-order valence-corrected chi connectivity index (χ2v) is 11.7. The van der Waals surface area contributed by atoms with Crippen LogP contribution in [0.1, 0.15) is 63.0 Å². The summed E-state index contributed by atoms with van der Waals surface area (Å²) in [6.07, 6.45) is 2.68. The van der Waals surface area contributed by atoms with Crippen molar-refractivity contribution in [3.63, 3.8) is 0 Å². The maximum Gasteiger partial charge on any atom is 0.281 e. The molecule has 3 N–H and O–H groups in total. The molecule has 9 nitrogen and oxygen atoms in total. The summed E-state index contributed by atoms with van der Waals surface area (Å²) in [7, 11) is -4.23. The smallest absolute Gasteiger partial charge is 0.281 e. The number of carbonyl (C=O) groups is 1. The average Bonchev–Trinajstić information content (AvgIpc) is 3.10. The minimum absolute atomic E-state index is 0.0444. The van der Waals surface area contributed by atoms with Crippen LogP contribution >= 0.6 is 0 Å². The van der Waals surface area contributed by atoms with E-state index in [4.69, 9.17) is 10.7 Å². The molecule has 0 radical (unpaired) electrons. The van der Waals surface area contributed by atoms with Crippen LogP contribution in [0.4, 0.5) is 11.6 Å². The normalized spacial score (nSPS) is 17.4. The van der Waals surface area contributed by atoms with Crippen LogP contribution in [0.15, 0.2) is 53.7 Å².